The molecule has 6 heteroatoms. The molecule has 360 valence electrons. The molecular weight excluding hydrogens is 767 g/mol. The lowest BCUT2D eigenvalue weighted by atomic mass is 10.0. The fourth-order valence-corrected chi connectivity index (χ4v) is 7.89. The summed E-state index contributed by atoms with van der Waals surface area (Å²) in [6.45, 7) is 6.27. The highest BCUT2D eigenvalue weighted by atomic mass is 16.5. The highest BCUT2D eigenvalue weighted by molar-refractivity contribution is 5.77. The van der Waals surface area contributed by atoms with Crippen LogP contribution < -0.4 is 5.32 Å². The van der Waals surface area contributed by atoms with Crippen LogP contribution in [0.25, 0.3) is 0 Å². The number of aliphatic hydroxyl groups is 2. The molecule has 6 nitrogen and oxygen atoms in total. The number of ether oxygens (including phenoxy) is 1. The van der Waals surface area contributed by atoms with Crippen molar-refractivity contribution in [3.8, 4) is 0 Å². The van der Waals surface area contributed by atoms with Crippen LogP contribution in [0.5, 0.6) is 0 Å². The SMILES string of the molecule is CC/C=C/C/C=C/C/C=C/CCCCCCCCC(=O)OC(CCCCCCC/C=C/C/C=C/CC)CC(=O)NC(CO)C(O)CCCCCCCCCCCCCCCCC. The van der Waals surface area contributed by atoms with Crippen molar-refractivity contribution in [3.63, 3.8) is 0 Å². The van der Waals surface area contributed by atoms with Crippen LogP contribution in [0.2, 0.25) is 0 Å². The summed E-state index contributed by atoms with van der Waals surface area (Å²) in [6.07, 6.45) is 61.4. The Bertz CT molecular complexity index is 1110. The Morgan fingerprint density at radius 1 is 0.484 bits per heavy atom. The highest BCUT2D eigenvalue weighted by Gasteiger charge is 2.24. The Hall–Kier alpha value is -2.44. The Kier molecular flexibility index (Phi) is 47.6. The number of hydrogen-bond donors (Lipinski definition) is 3. The van der Waals surface area contributed by atoms with E-state index >= 15 is 0 Å². The maximum atomic E-state index is 13.2. The van der Waals surface area contributed by atoms with Crippen LogP contribution in [0.3, 0.4) is 0 Å². The number of allylic oxidation sites excluding steroid dienone is 10. The molecule has 0 aromatic carbocycles. The average molecular weight is 868 g/mol. The van der Waals surface area contributed by atoms with E-state index in [0.717, 1.165) is 103 Å². The minimum Gasteiger partial charge on any atom is -0.462 e. The Morgan fingerprint density at radius 3 is 1.32 bits per heavy atom. The number of carbonyl (C=O) groups is 2. The Balaban J connectivity index is 4.55. The quantitative estimate of drug-likeness (QED) is 0.0322. The molecule has 0 saturated heterocycles. The number of aliphatic hydroxyl groups excluding tert-OH is 2. The molecule has 3 unspecified atom stereocenters. The van der Waals surface area contributed by atoms with Gasteiger partial charge in [0, 0.05) is 6.42 Å². The zero-order valence-corrected chi connectivity index (χ0v) is 41.0. The van der Waals surface area contributed by atoms with Crippen molar-refractivity contribution >= 4 is 11.9 Å². The predicted octanol–water partition coefficient (Wildman–Crippen LogP) is 16.0. The van der Waals surface area contributed by atoms with Gasteiger partial charge in [-0.15, -0.1) is 0 Å². The summed E-state index contributed by atoms with van der Waals surface area (Å²) in [5.41, 5.74) is 0. The summed E-state index contributed by atoms with van der Waals surface area (Å²) in [5.74, 6) is -0.500. The van der Waals surface area contributed by atoms with Crippen LogP contribution in [0.15, 0.2) is 60.8 Å². The Labute approximate surface area is 384 Å². The molecule has 0 aromatic heterocycles. The van der Waals surface area contributed by atoms with E-state index in [0.29, 0.717) is 19.3 Å². The summed E-state index contributed by atoms with van der Waals surface area (Å²) >= 11 is 0. The molecule has 3 N–H and O–H groups in total. The van der Waals surface area contributed by atoms with E-state index < -0.39 is 18.2 Å². The lowest BCUT2D eigenvalue weighted by molar-refractivity contribution is -0.151. The van der Waals surface area contributed by atoms with Crippen LogP contribution in [0.1, 0.15) is 258 Å². The zero-order valence-electron chi connectivity index (χ0n) is 41.0. The second-order valence-corrected chi connectivity index (χ2v) is 17.9. The van der Waals surface area contributed by atoms with Crippen LogP contribution >= 0.6 is 0 Å². The molecule has 0 saturated carbocycles. The molecule has 0 heterocycles. The van der Waals surface area contributed by atoms with Crippen molar-refractivity contribution < 1.29 is 24.5 Å². The number of hydrogen-bond acceptors (Lipinski definition) is 5. The molecule has 0 aromatic rings. The molecule has 0 aliphatic heterocycles. The van der Waals surface area contributed by atoms with Crippen molar-refractivity contribution in [1.29, 1.82) is 0 Å². The smallest absolute Gasteiger partial charge is 0.306 e. The second-order valence-electron chi connectivity index (χ2n) is 17.9. The van der Waals surface area contributed by atoms with Crippen LogP contribution in [-0.2, 0) is 14.3 Å². The summed E-state index contributed by atoms with van der Waals surface area (Å²) in [4.78, 5) is 26.2. The number of carbonyl (C=O) groups excluding carboxylic acids is 2. The topological polar surface area (TPSA) is 95.9 Å². The first-order valence-corrected chi connectivity index (χ1v) is 26.5. The van der Waals surface area contributed by atoms with E-state index in [9.17, 15) is 19.8 Å². The number of unbranched alkanes of at least 4 members (excludes halogenated alkanes) is 25. The van der Waals surface area contributed by atoms with Gasteiger partial charge in [-0.05, 0) is 83.5 Å². The first-order chi connectivity index (χ1) is 30.5. The third kappa shape index (κ3) is 44.2. The van der Waals surface area contributed by atoms with E-state index in [1.807, 2.05) is 0 Å². The van der Waals surface area contributed by atoms with Gasteiger partial charge in [0.2, 0.25) is 5.91 Å². The lowest BCUT2D eigenvalue weighted by Crippen LogP contribution is -2.46. The summed E-state index contributed by atoms with van der Waals surface area (Å²) in [6, 6.07) is -0.710. The summed E-state index contributed by atoms with van der Waals surface area (Å²) in [7, 11) is 0. The third-order valence-electron chi connectivity index (χ3n) is 11.8. The molecule has 0 radical (unpaired) electrons. The van der Waals surface area contributed by atoms with Gasteiger partial charge in [0.05, 0.1) is 25.2 Å². The monoisotopic (exact) mass is 868 g/mol. The minimum atomic E-state index is -0.795. The molecule has 3 atom stereocenters. The molecule has 1 amide bonds. The number of esters is 1. The van der Waals surface area contributed by atoms with Crippen molar-refractivity contribution in [1.82, 2.24) is 5.32 Å². The van der Waals surface area contributed by atoms with Crippen molar-refractivity contribution in [2.75, 3.05) is 6.61 Å². The first-order valence-electron chi connectivity index (χ1n) is 26.5. The molecule has 0 aliphatic rings. The molecule has 0 spiro atoms. The third-order valence-corrected chi connectivity index (χ3v) is 11.8. The predicted molar refractivity (Wildman–Crippen MR) is 268 cm³/mol. The van der Waals surface area contributed by atoms with Crippen molar-refractivity contribution in [2.24, 2.45) is 0 Å². The van der Waals surface area contributed by atoms with Crippen molar-refractivity contribution in [2.45, 2.75) is 277 Å². The van der Waals surface area contributed by atoms with Gasteiger partial charge in [-0.25, -0.2) is 0 Å². The van der Waals surface area contributed by atoms with Gasteiger partial charge in [-0.3, -0.25) is 9.59 Å². The fourth-order valence-electron chi connectivity index (χ4n) is 7.89. The van der Waals surface area contributed by atoms with E-state index in [1.54, 1.807) is 0 Å². The summed E-state index contributed by atoms with van der Waals surface area (Å²) < 4.78 is 5.93. The largest absolute Gasteiger partial charge is 0.462 e. The first kappa shape index (κ1) is 59.6. The van der Waals surface area contributed by atoms with Crippen LogP contribution in [-0.4, -0.2) is 46.9 Å². The fraction of sp³-hybridized carbons (Fsp3) is 0.786. The van der Waals surface area contributed by atoms with Gasteiger partial charge in [0.15, 0.2) is 0 Å². The lowest BCUT2D eigenvalue weighted by Gasteiger charge is -2.24. The number of rotatable bonds is 47. The zero-order chi connectivity index (χ0) is 45.2. The van der Waals surface area contributed by atoms with E-state index in [2.05, 4.69) is 86.8 Å². The molecule has 0 fully saturated rings. The minimum absolute atomic E-state index is 0.0617. The standard InChI is InChI=1S/C56H101NO5/c1-4-7-10-13-16-19-22-25-27-29-31-34-37-40-43-46-49-56(61)62-52(47-44-41-38-35-32-24-21-18-15-12-9-6-3)50-55(60)57-53(51-58)54(59)48-45-42-39-36-33-30-28-26-23-20-17-14-11-8-5-2/h7,9-10,12,16,18-19,21,25,27,52-54,58-59H,4-6,8,11,13-15,17,20,22-24,26,28-51H2,1-3H3,(H,57,60)/b10-7+,12-9+,19-16+,21-18+,27-25+. The van der Waals surface area contributed by atoms with E-state index in [1.165, 1.54) is 109 Å². The maximum Gasteiger partial charge on any atom is 0.306 e. The van der Waals surface area contributed by atoms with E-state index in [-0.39, 0.29) is 24.9 Å². The number of nitrogens with one attached hydrogen (secondary N) is 1. The molecule has 0 aliphatic carbocycles. The van der Waals surface area contributed by atoms with Crippen molar-refractivity contribution in [3.05, 3.63) is 60.8 Å². The average Bonchev–Trinajstić information content (AvgIpc) is 3.26. The Morgan fingerprint density at radius 2 is 0.871 bits per heavy atom. The van der Waals surface area contributed by atoms with Gasteiger partial charge < -0.3 is 20.3 Å². The van der Waals surface area contributed by atoms with Gasteiger partial charge in [0.25, 0.3) is 0 Å². The normalized spacial score (nSPS) is 13.7. The van der Waals surface area contributed by atoms with Gasteiger partial charge in [-0.2, -0.15) is 0 Å². The molecule has 0 bridgehead atoms. The number of amides is 1. The van der Waals surface area contributed by atoms with Gasteiger partial charge in [0.1, 0.15) is 6.10 Å². The van der Waals surface area contributed by atoms with Crippen LogP contribution in [0, 0.1) is 0 Å². The van der Waals surface area contributed by atoms with Gasteiger partial charge in [-0.1, -0.05) is 223 Å². The van der Waals surface area contributed by atoms with E-state index in [4.69, 9.17) is 4.74 Å². The highest BCUT2D eigenvalue weighted by Crippen LogP contribution is 2.18. The molecule has 0 rings (SSSR count). The second kappa shape index (κ2) is 49.6. The summed E-state index contributed by atoms with van der Waals surface area (Å²) in [5, 5.41) is 23.8. The molecular formula is C56H101NO5. The van der Waals surface area contributed by atoms with Crippen LogP contribution in [0.4, 0.5) is 0 Å². The maximum absolute atomic E-state index is 13.2. The molecule has 62 heavy (non-hydrogen) atoms. The van der Waals surface area contributed by atoms with Gasteiger partial charge >= 0.3 is 5.97 Å².